The largest absolute Gasteiger partial charge is 0.465 e. The summed E-state index contributed by atoms with van der Waals surface area (Å²) >= 11 is 0. The molecule has 2 aromatic rings. The number of amides is 1. The molecule has 0 unspecified atom stereocenters. The lowest BCUT2D eigenvalue weighted by atomic mass is 10.1. The molecule has 1 fully saturated rings. The maximum absolute atomic E-state index is 13.8. The topological polar surface area (TPSA) is 105 Å². The second kappa shape index (κ2) is 8.87. The summed E-state index contributed by atoms with van der Waals surface area (Å²) < 4.78 is 18.3. The van der Waals surface area contributed by atoms with Crippen molar-refractivity contribution in [1.29, 1.82) is 0 Å². The van der Waals surface area contributed by atoms with Crippen molar-refractivity contribution < 1.29 is 23.6 Å². The van der Waals surface area contributed by atoms with E-state index in [0.717, 1.165) is 32.3 Å². The van der Waals surface area contributed by atoms with E-state index >= 15 is 0 Å². The highest BCUT2D eigenvalue weighted by Gasteiger charge is 2.24. The molecule has 0 radical (unpaired) electrons. The highest BCUT2D eigenvalue weighted by Crippen LogP contribution is 2.30. The Morgan fingerprint density at radius 2 is 1.83 bits per heavy atom. The standard InChI is InChI=1S/C20H21FN4O5/c1-23-7-9-24(10-8-23)17-6-3-13(11-18(17)25(28)29)19(26)22-14-4-5-16(21)15(12-14)20(27)30-2/h3-6,11-12H,7-10H2,1-2H3,(H,22,26). The monoisotopic (exact) mass is 416 g/mol. The first kappa shape index (κ1) is 21.2. The number of hydrogen-bond donors (Lipinski definition) is 1. The van der Waals surface area contributed by atoms with Gasteiger partial charge in [-0.2, -0.15) is 0 Å². The smallest absolute Gasteiger partial charge is 0.340 e. The van der Waals surface area contributed by atoms with Gasteiger partial charge in [-0.3, -0.25) is 14.9 Å². The number of esters is 1. The van der Waals surface area contributed by atoms with Crippen molar-refractivity contribution in [2.24, 2.45) is 0 Å². The molecule has 2 aromatic carbocycles. The van der Waals surface area contributed by atoms with E-state index in [2.05, 4.69) is 15.0 Å². The van der Waals surface area contributed by atoms with Crippen LogP contribution in [-0.4, -0.2) is 62.0 Å². The molecule has 1 heterocycles. The second-order valence-corrected chi connectivity index (χ2v) is 6.89. The lowest BCUT2D eigenvalue weighted by molar-refractivity contribution is -0.384. The van der Waals surface area contributed by atoms with Gasteiger partial charge in [0, 0.05) is 43.5 Å². The molecule has 158 valence electrons. The van der Waals surface area contributed by atoms with Gasteiger partial charge >= 0.3 is 5.97 Å². The van der Waals surface area contributed by atoms with Gasteiger partial charge in [0.2, 0.25) is 0 Å². The Labute approximate surface area is 172 Å². The molecule has 1 aliphatic heterocycles. The lowest BCUT2D eigenvalue weighted by Gasteiger charge is -2.33. The number of piperazine rings is 1. The fourth-order valence-corrected chi connectivity index (χ4v) is 3.20. The van der Waals surface area contributed by atoms with Gasteiger partial charge in [-0.1, -0.05) is 0 Å². The first-order chi connectivity index (χ1) is 14.3. The van der Waals surface area contributed by atoms with Crippen LogP contribution in [0.2, 0.25) is 0 Å². The minimum atomic E-state index is -0.879. The Hall–Kier alpha value is -3.53. The summed E-state index contributed by atoms with van der Waals surface area (Å²) in [6, 6.07) is 7.73. The van der Waals surface area contributed by atoms with Gasteiger partial charge in [0.25, 0.3) is 11.6 Å². The van der Waals surface area contributed by atoms with Crippen molar-refractivity contribution in [3.63, 3.8) is 0 Å². The highest BCUT2D eigenvalue weighted by molar-refractivity contribution is 6.05. The van der Waals surface area contributed by atoms with Gasteiger partial charge in [0.15, 0.2) is 0 Å². The third kappa shape index (κ3) is 4.54. The van der Waals surface area contributed by atoms with Gasteiger partial charge in [-0.05, 0) is 37.4 Å². The molecule has 0 spiro atoms. The lowest BCUT2D eigenvalue weighted by Crippen LogP contribution is -2.44. The summed E-state index contributed by atoms with van der Waals surface area (Å²) in [6.45, 7) is 2.86. The van der Waals surface area contributed by atoms with Gasteiger partial charge in [0.05, 0.1) is 17.6 Å². The Kier molecular flexibility index (Phi) is 6.26. The molecule has 0 aliphatic carbocycles. The van der Waals surface area contributed by atoms with E-state index in [9.17, 15) is 24.1 Å². The van der Waals surface area contributed by atoms with E-state index in [1.807, 2.05) is 11.9 Å². The van der Waals surface area contributed by atoms with Crippen molar-refractivity contribution in [2.75, 3.05) is 50.6 Å². The SMILES string of the molecule is COC(=O)c1cc(NC(=O)c2ccc(N3CCN(C)CC3)c([N+](=O)[O-])c2)ccc1F. The quantitative estimate of drug-likeness (QED) is 0.454. The third-order valence-electron chi connectivity index (χ3n) is 4.91. The Bertz CT molecular complexity index is 989. The molecule has 0 aromatic heterocycles. The van der Waals surface area contributed by atoms with Crippen LogP contribution in [0.5, 0.6) is 0 Å². The molecule has 1 amide bonds. The van der Waals surface area contributed by atoms with E-state index in [4.69, 9.17) is 0 Å². The van der Waals surface area contributed by atoms with E-state index < -0.39 is 22.6 Å². The number of benzene rings is 2. The first-order valence-electron chi connectivity index (χ1n) is 9.21. The number of hydrogen-bond acceptors (Lipinski definition) is 7. The highest BCUT2D eigenvalue weighted by atomic mass is 19.1. The van der Waals surface area contributed by atoms with E-state index in [1.165, 1.54) is 18.2 Å². The third-order valence-corrected chi connectivity index (χ3v) is 4.91. The zero-order valence-electron chi connectivity index (χ0n) is 16.6. The number of methoxy groups -OCH3 is 1. The molecule has 30 heavy (non-hydrogen) atoms. The number of nitro benzene ring substituents is 1. The average Bonchev–Trinajstić information content (AvgIpc) is 2.74. The summed E-state index contributed by atoms with van der Waals surface area (Å²) in [5.74, 6) is -2.28. The summed E-state index contributed by atoms with van der Waals surface area (Å²) in [7, 11) is 3.11. The number of nitro groups is 1. The predicted molar refractivity (Wildman–Crippen MR) is 108 cm³/mol. The number of rotatable bonds is 5. The Morgan fingerprint density at radius 1 is 1.13 bits per heavy atom. The molecule has 9 nitrogen and oxygen atoms in total. The minimum absolute atomic E-state index is 0.0727. The Balaban J connectivity index is 1.84. The fraction of sp³-hybridized carbons (Fsp3) is 0.300. The predicted octanol–water partition coefficient (Wildman–Crippen LogP) is 2.52. The van der Waals surface area contributed by atoms with Crippen LogP contribution in [0.25, 0.3) is 0 Å². The van der Waals surface area contributed by atoms with Crippen molar-refractivity contribution in [3.05, 3.63) is 63.5 Å². The van der Waals surface area contributed by atoms with Crippen LogP contribution in [0.4, 0.5) is 21.5 Å². The molecule has 1 aliphatic rings. The number of anilines is 2. The number of nitrogens with zero attached hydrogens (tertiary/aromatic N) is 3. The van der Waals surface area contributed by atoms with Crippen LogP contribution in [0, 0.1) is 15.9 Å². The van der Waals surface area contributed by atoms with Crippen LogP contribution in [0.3, 0.4) is 0 Å². The Morgan fingerprint density at radius 3 is 2.47 bits per heavy atom. The van der Waals surface area contributed by atoms with Crippen molar-refractivity contribution >= 4 is 28.9 Å². The molecule has 0 bridgehead atoms. The second-order valence-electron chi connectivity index (χ2n) is 6.89. The van der Waals surface area contributed by atoms with Crippen LogP contribution in [-0.2, 0) is 4.74 Å². The normalized spacial score (nSPS) is 14.3. The number of likely N-dealkylation sites (N-methyl/N-ethyl adjacent to an activating group) is 1. The molecule has 1 N–H and O–H groups in total. The van der Waals surface area contributed by atoms with E-state index in [-0.39, 0.29) is 22.5 Å². The molecule has 0 atom stereocenters. The van der Waals surface area contributed by atoms with Gasteiger partial charge in [-0.15, -0.1) is 0 Å². The molecule has 0 saturated carbocycles. The number of ether oxygens (including phenoxy) is 1. The molecular formula is C20H21FN4O5. The molecule has 10 heteroatoms. The zero-order valence-corrected chi connectivity index (χ0v) is 16.6. The van der Waals surface area contributed by atoms with E-state index in [1.54, 1.807) is 6.07 Å². The van der Waals surface area contributed by atoms with Crippen molar-refractivity contribution in [3.8, 4) is 0 Å². The van der Waals surface area contributed by atoms with Crippen LogP contribution >= 0.6 is 0 Å². The van der Waals surface area contributed by atoms with Crippen LogP contribution in [0.15, 0.2) is 36.4 Å². The summed E-state index contributed by atoms with van der Waals surface area (Å²) in [5, 5.41) is 14.1. The fourth-order valence-electron chi connectivity index (χ4n) is 3.20. The van der Waals surface area contributed by atoms with Crippen molar-refractivity contribution in [2.45, 2.75) is 0 Å². The van der Waals surface area contributed by atoms with Crippen LogP contribution in [0.1, 0.15) is 20.7 Å². The maximum atomic E-state index is 13.8. The van der Waals surface area contributed by atoms with Crippen molar-refractivity contribution in [1.82, 2.24) is 4.90 Å². The number of carbonyl (C=O) groups is 2. The number of carbonyl (C=O) groups excluding carboxylic acids is 2. The molecule has 1 saturated heterocycles. The van der Waals surface area contributed by atoms with Crippen LogP contribution < -0.4 is 10.2 Å². The molecule has 3 rings (SSSR count). The first-order valence-corrected chi connectivity index (χ1v) is 9.21. The summed E-state index contributed by atoms with van der Waals surface area (Å²) in [4.78, 5) is 39.3. The summed E-state index contributed by atoms with van der Waals surface area (Å²) in [5.41, 5.74) is 0.198. The van der Waals surface area contributed by atoms with Gasteiger partial charge in [0.1, 0.15) is 11.5 Å². The zero-order chi connectivity index (χ0) is 21.8. The average molecular weight is 416 g/mol. The number of halogens is 1. The van der Waals surface area contributed by atoms with E-state index in [0.29, 0.717) is 18.8 Å². The maximum Gasteiger partial charge on any atom is 0.340 e. The summed E-state index contributed by atoms with van der Waals surface area (Å²) in [6.07, 6.45) is 0. The van der Waals surface area contributed by atoms with Gasteiger partial charge in [-0.25, -0.2) is 9.18 Å². The molecular weight excluding hydrogens is 395 g/mol. The minimum Gasteiger partial charge on any atom is -0.465 e. The number of nitrogens with one attached hydrogen (secondary N) is 1. The van der Waals surface area contributed by atoms with Gasteiger partial charge < -0.3 is 19.9 Å².